The Balaban J connectivity index is 1.77. The predicted molar refractivity (Wildman–Crippen MR) is 92.1 cm³/mol. The van der Waals surface area contributed by atoms with Gasteiger partial charge in [0.25, 0.3) is 5.91 Å². The minimum atomic E-state index is -3.63. The average Bonchev–Trinajstić information content (AvgIpc) is 3.37. The first-order chi connectivity index (χ1) is 11.9. The van der Waals surface area contributed by atoms with E-state index in [4.69, 9.17) is 0 Å². The number of carbonyl (C=O) groups excluding carboxylic acids is 1. The van der Waals surface area contributed by atoms with Crippen molar-refractivity contribution in [2.75, 3.05) is 0 Å². The number of aryl methyl sites for hydroxylation is 1. The molecule has 25 heavy (non-hydrogen) atoms. The highest BCUT2D eigenvalue weighted by Crippen LogP contribution is 2.23. The summed E-state index contributed by atoms with van der Waals surface area (Å²) in [6.07, 6.45) is 1.67. The first kappa shape index (κ1) is 17.6. The molecule has 0 spiro atoms. The van der Waals surface area contributed by atoms with Gasteiger partial charge in [-0.3, -0.25) is 4.79 Å². The van der Waals surface area contributed by atoms with Gasteiger partial charge < -0.3 is 5.32 Å². The van der Waals surface area contributed by atoms with E-state index in [1.54, 1.807) is 31.2 Å². The van der Waals surface area contributed by atoms with Crippen LogP contribution < -0.4 is 10.0 Å². The minimum absolute atomic E-state index is 0.00960. The summed E-state index contributed by atoms with van der Waals surface area (Å²) in [5.41, 5.74) is 1.28. The Bertz CT molecular complexity index is 908. The molecule has 1 fully saturated rings. The van der Waals surface area contributed by atoms with Crippen LogP contribution in [0.5, 0.6) is 0 Å². The Morgan fingerprint density at radius 3 is 2.60 bits per heavy atom. The van der Waals surface area contributed by atoms with E-state index in [0.29, 0.717) is 11.1 Å². The number of benzene rings is 2. The Hall–Kier alpha value is -2.25. The second-order valence-corrected chi connectivity index (χ2v) is 7.86. The molecule has 132 valence electrons. The fourth-order valence-corrected chi connectivity index (χ4v) is 3.74. The predicted octanol–water partition coefficient (Wildman–Crippen LogP) is 2.50. The van der Waals surface area contributed by atoms with Crippen LogP contribution in [0.15, 0.2) is 47.4 Å². The summed E-state index contributed by atoms with van der Waals surface area (Å²) >= 11 is 0. The van der Waals surface area contributed by atoms with Gasteiger partial charge in [-0.1, -0.05) is 24.3 Å². The maximum absolute atomic E-state index is 13.6. The molecule has 0 atom stereocenters. The SMILES string of the molecule is Cc1ccc(S(=O)(=O)NC2CC2)cc1C(=O)NCc1ccccc1F. The van der Waals surface area contributed by atoms with Crippen LogP contribution in [0.2, 0.25) is 0 Å². The summed E-state index contributed by atoms with van der Waals surface area (Å²) in [6.45, 7) is 1.75. The van der Waals surface area contributed by atoms with Gasteiger partial charge in [0.2, 0.25) is 10.0 Å². The number of carbonyl (C=O) groups is 1. The fraction of sp³-hybridized carbons (Fsp3) is 0.278. The number of hydrogen-bond donors (Lipinski definition) is 2. The Kier molecular flexibility index (Phi) is 4.87. The maximum atomic E-state index is 13.6. The van der Waals surface area contributed by atoms with Crippen LogP contribution in [0.1, 0.15) is 34.3 Å². The van der Waals surface area contributed by atoms with Gasteiger partial charge in [0.05, 0.1) is 4.90 Å². The van der Waals surface area contributed by atoms with Gasteiger partial charge in [-0.15, -0.1) is 0 Å². The van der Waals surface area contributed by atoms with E-state index in [-0.39, 0.29) is 23.0 Å². The van der Waals surface area contributed by atoms with Crippen LogP contribution in [-0.4, -0.2) is 20.4 Å². The van der Waals surface area contributed by atoms with E-state index >= 15 is 0 Å². The molecule has 2 N–H and O–H groups in total. The third kappa shape index (κ3) is 4.24. The second kappa shape index (κ2) is 6.93. The molecular formula is C18H19FN2O3S. The normalized spacial score (nSPS) is 14.3. The third-order valence-electron chi connectivity index (χ3n) is 4.06. The molecule has 1 aliphatic rings. The zero-order valence-corrected chi connectivity index (χ0v) is 14.6. The molecule has 0 saturated heterocycles. The van der Waals surface area contributed by atoms with Crippen molar-refractivity contribution in [1.82, 2.24) is 10.0 Å². The molecule has 2 aromatic carbocycles. The summed E-state index contributed by atoms with van der Waals surface area (Å²) in [7, 11) is -3.63. The van der Waals surface area contributed by atoms with Gasteiger partial charge in [0.1, 0.15) is 5.82 Å². The highest BCUT2D eigenvalue weighted by molar-refractivity contribution is 7.89. The lowest BCUT2D eigenvalue weighted by atomic mass is 10.1. The summed E-state index contributed by atoms with van der Waals surface area (Å²) in [6, 6.07) is 10.6. The summed E-state index contributed by atoms with van der Waals surface area (Å²) in [5.74, 6) is -0.839. The Morgan fingerprint density at radius 2 is 1.92 bits per heavy atom. The zero-order chi connectivity index (χ0) is 18.0. The molecule has 0 heterocycles. The van der Waals surface area contributed by atoms with E-state index in [1.165, 1.54) is 18.2 Å². The zero-order valence-electron chi connectivity index (χ0n) is 13.8. The molecule has 5 nitrogen and oxygen atoms in total. The van der Waals surface area contributed by atoms with Gasteiger partial charge in [0, 0.05) is 23.7 Å². The van der Waals surface area contributed by atoms with Gasteiger partial charge >= 0.3 is 0 Å². The van der Waals surface area contributed by atoms with E-state index in [2.05, 4.69) is 10.0 Å². The smallest absolute Gasteiger partial charge is 0.251 e. The molecule has 0 bridgehead atoms. The van der Waals surface area contributed by atoms with Crippen molar-refractivity contribution in [3.05, 3.63) is 65.0 Å². The van der Waals surface area contributed by atoms with Gasteiger partial charge in [-0.25, -0.2) is 17.5 Å². The average molecular weight is 362 g/mol. The van der Waals surface area contributed by atoms with E-state index in [1.807, 2.05) is 0 Å². The van der Waals surface area contributed by atoms with Crippen molar-refractivity contribution in [2.45, 2.75) is 37.2 Å². The highest BCUT2D eigenvalue weighted by Gasteiger charge is 2.28. The molecular weight excluding hydrogens is 343 g/mol. The van der Waals surface area contributed by atoms with Crippen LogP contribution in [0, 0.1) is 12.7 Å². The number of nitrogens with one attached hydrogen (secondary N) is 2. The molecule has 1 amide bonds. The molecule has 0 radical (unpaired) electrons. The van der Waals surface area contributed by atoms with Crippen molar-refractivity contribution in [1.29, 1.82) is 0 Å². The van der Waals surface area contributed by atoms with Crippen molar-refractivity contribution >= 4 is 15.9 Å². The number of amides is 1. The summed E-state index contributed by atoms with van der Waals surface area (Å²) in [5, 5.41) is 2.63. The van der Waals surface area contributed by atoms with Crippen LogP contribution in [-0.2, 0) is 16.6 Å². The van der Waals surface area contributed by atoms with Gasteiger partial charge in [0.15, 0.2) is 0 Å². The monoisotopic (exact) mass is 362 g/mol. The molecule has 0 aliphatic heterocycles. The standard InChI is InChI=1S/C18H19FN2O3S/c1-12-6-9-15(25(23,24)21-14-7-8-14)10-16(12)18(22)20-11-13-4-2-3-5-17(13)19/h2-6,9-10,14,21H,7-8,11H2,1H3,(H,20,22). The van der Waals surface area contributed by atoms with Crippen LogP contribution in [0.4, 0.5) is 4.39 Å². The molecule has 2 aromatic rings. The quantitative estimate of drug-likeness (QED) is 0.829. The third-order valence-corrected chi connectivity index (χ3v) is 5.58. The molecule has 0 aromatic heterocycles. The lowest BCUT2D eigenvalue weighted by Crippen LogP contribution is -2.27. The highest BCUT2D eigenvalue weighted by atomic mass is 32.2. The molecule has 3 rings (SSSR count). The Morgan fingerprint density at radius 1 is 1.20 bits per heavy atom. The Labute approximate surface area is 146 Å². The summed E-state index contributed by atoms with van der Waals surface area (Å²) < 4.78 is 40.8. The summed E-state index contributed by atoms with van der Waals surface area (Å²) in [4.78, 5) is 12.5. The van der Waals surface area contributed by atoms with Crippen molar-refractivity contribution in [3.63, 3.8) is 0 Å². The van der Waals surface area contributed by atoms with E-state index in [9.17, 15) is 17.6 Å². The molecule has 7 heteroatoms. The number of sulfonamides is 1. The number of rotatable bonds is 6. The van der Waals surface area contributed by atoms with E-state index < -0.39 is 21.7 Å². The maximum Gasteiger partial charge on any atom is 0.251 e. The minimum Gasteiger partial charge on any atom is -0.348 e. The van der Waals surface area contributed by atoms with Crippen LogP contribution in [0.3, 0.4) is 0 Å². The first-order valence-corrected chi connectivity index (χ1v) is 9.50. The van der Waals surface area contributed by atoms with Gasteiger partial charge in [-0.2, -0.15) is 0 Å². The molecule has 0 unspecified atom stereocenters. The lowest BCUT2D eigenvalue weighted by molar-refractivity contribution is 0.0950. The fourth-order valence-electron chi connectivity index (χ4n) is 2.41. The van der Waals surface area contributed by atoms with Crippen molar-refractivity contribution in [2.24, 2.45) is 0 Å². The first-order valence-electron chi connectivity index (χ1n) is 8.01. The van der Waals surface area contributed by atoms with Crippen LogP contribution >= 0.6 is 0 Å². The van der Waals surface area contributed by atoms with E-state index in [0.717, 1.165) is 12.8 Å². The van der Waals surface area contributed by atoms with Crippen molar-refractivity contribution < 1.29 is 17.6 Å². The van der Waals surface area contributed by atoms with Crippen molar-refractivity contribution in [3.8, 4) is 0 Å². The molecule has 1 saturated carbocycles. The molecule has 1 aliphatic carbocycles. The van der Waals surface area contributed by atoms with Gasteiger partial charge in [-0.05, 0) is 43.5 Å². The number of halogens is 1. The second-order valence-electron chi connectivity index (χ2n) is 6.15. The topological polar surface area (TPSA) is 75.3 Å². The number of hydrogen-bond acceptors (Lipinski definition) is 3. The van der Waals surface area contributed by atoms with Crippen LogP contribution in [0.25, 0.3) is 0 Å². The largest absolute Gasteiger partial charge is 0.348 e. The lowest BCUT2D eigenvalue weighted by Gasteiger charge is -2.11.